The third-order valence-electron chi connectivity index (χ3n) is 12.7. The van der Waals surface area contributed by atoms with E-state index in [-0.39, 0.29) is 41.7 Å². The van der Waals surface area contributed by atoms with Gasteiger partial charge in [-0.3, -0.25) is 9.59 Å². The van der Waals surface area contributed by atoms with Crippen LogP contribution in [0.3, 0.4) is 0 Å². The topological polar surface area (TPSA) is 181 Å². The Morgan fingerprint density at radius 3 is 1.64 bits per heavy atom. The van der Waals surface area contributed by atoms with Crippen molar-refractivity contribution in [2.24, 2.45) is 16.7 Å². The molecular weight excluding hydrogens is 748 g/mol. The van der Waals surface area contributed by atoms with Crippen LogP contribution in [0, 0.1) is 16.7 Å². The first kappa shape index (κ1) is 40.8. The largest absolute Gasteiger partial charge is 0.458 e. The van der Waals surface area contributed by atoms with Crippen molar-refractivity contribution >= 4 is 29.8 Å². The zero-order valence-corrected chi connectivity index (χ0v) is 33.2. The van der Waals surface area contributed by atoms with Crippen LogP contribution in [-0.2, 0) is 38.0 Å². The molecule has 1 aliphatic heterocycles. The van der Waals surface area contributed by atoms with Gasteiger partial charge >= 0.3 is 29.8 Å². The average Bonchev–Trinajstić information content (AvgIpc) is 3.44. The number of benzene rings is 3. The van der Waals surface area contributed by atoms with Crippen molar-refractivity contribution in [1.82, 2.24) is 0 Å². The highest BCUT2D eigenvalue weighted by atomic mass is 16.6. The molecule has 0 radical (unpaired) electrons. The highest BCUT2D eigenvalue weighted by molar-refractivity contribution is 5.91. The zero-order valence-electron chi connectivity index (χ0n) is 33.2. The molecule has 10 unspecified atom stereocenters. The Hall–Kier alpha value is -5.37. The Bertz CT molecular complexity index is 2110. The Morgan fingerprint density at radius 1 is 0.724 bits per heavy atom. The summed E-state index contributed by atoms with van der Waals surface area (Å²) in [6, 6.07) is 24.3. The van der Waals surface area contributed by atoms with Crippen LogP contribution >= 0.6 is 0 Å². The molecule has 13 nitrogen and oxygen atoms in total. The second-order valence-corrected chi connectivity index (χ2v) is 16.4. The molecule has 0 spiro atoms. The van der Waals surface area contributed by atoms with Gasteiger partial charge < -0.3 is 38.6 Å². The summed E-state index contributed by atoms with van der Waals surface area (Å²) in [6.45, 7) is 8.50. The molecule has 0 bridgehead atoms. The van der Waals surface area contributed by atoms with Crippen LogP contribution in [0.4, 0.5) is 0 Å². The number of ether oxygens (including phenoxy) is 6. The summed E-state index contributed by atoms with van der Waals surface area (Å²) >= 11 is 0. The molecule has 10 atom stereocenters. The lowest BCUT2D eigenvalue weighted by Gasteiger charge is -2.65. The standard InChI is InChI=1S/C45H48O13/c1-25-31(54-26(2)46)23-44(42(4,5)52)34(25)35(55-39(49)28-16-10-7-11-17-28)37(56-40(50)29-18-12-8-13-19-29)43(6)32(48)22-33-45(24-53-33,58-27(3)47)36(43)38(44)57-41(51)30-20-14-9-15-21-30/h7-21,31-33,35-38,48,52H,22-24H2,1-6H3. The molecule has 13 heteroatoms. The molecule has 2 N–H and O–H groups in total. The second-order valence-electron chi connectivity index (χ2n) is 16.4. The predicted octanol–water partition coefficient (Wildman–Crippen LogP) is 5.17. The third-order valence-corrected chi connectivity index (χ3v) is 12.7. The molecule has 0 aromatic heterocycles. The van der Waals surface area contributed by atoms with Crippen molar-refractivity contribution in [1.29, 1.82) is 0 Å². The number of hydrogen-bond acceptors (Lipinski definition) is 13. The highest BCUT2D eigenvalue weighted by Crippen LogP contribution is 2.69. The first-order valence-electron chi connectivity index (χ1n) is 19.3. The first-order chi connectivity index (χ1) is 27.5. The van der Waals surface area contributed by atoms with Crippen LogP contribution in [0.5, 0.6) is 0 Å². The number of carbonyl (C=O) groups is 5. The van der Waals surface area contributed by atoms with Crippen molar-refractivity contribution in [2.45, 2.75) is 102 Å². The van der Waals surface area contributed by atoms with Crippen molar-refractivity contribution in [3.63, 3.8) is 0 Å². The number of fused-ring (bicyclic) bond motifs is 4. The molecule has 1 saturated heterocycles. The monoisotopic (exact) mass is 796 g/mol. The van der Waals surface area contributed by atoms with Gasteiger partial charge in [0, 0.05) is 32.1 Å². The van der Waals surface area contributed by atoms with E-state index in [9.17, 15) is 34.2 Å². The molecule has 306 valence electrons. The number of rotatable bonds is 9. The number of aliphatic hydroxyl groups is 2. The van der Waals surface area contributed by atoms with Gasteiger partial charge in [0.2, 0.25) is 0 Å². The van der Waals surface area contributed by atoms with Crippen LogP contribution in [0.15, 0.2) is 102 Å². The van der Waals surface area contributed by atoms with Crippen LogP contribution in [0.25, 0.3) is 0 Å². The fourth-order valence-corrected chi connectivity index (χ4v) is 10.1. The fourth-order valence-electron chi connectivity index (χ4n) is 10.1. The summed E-state index contributed by atoms with van der Waals surface area (Å²) < 4.78 is 38.0. The van der Waals surface area contributed by atoms with Gasteiger partial charge in [-0.2, -0.15) is 0 Å². The summed E-state index contributed by atoms with van der Waals surface area (Å²) in [5.41, 5.74) is -6.30. The quantitative estimate of drug-likeness (QED) is 0.165. The summed E-state index contributed by atoms with van der Waals surface area (Å²) in [4.78, 5) is 69.3. The summed E-state index contributed by atoms with van der Waals surface area (Å²) in [6.07, 6.45) is -8.60. The van der Waals surface area contributed by atoms with E-state index >= 15 is 0 Å². The first-order valence-corrected chi connectivity index (χ1v) is 19.3. The van der Waals surface area contributed by atoms with Crippen LogP contribution < -0.4 is 0 Å². The highest BCUT2D eigenvalue weighted by Gasteiger charge is 2.80. The molecule has 3 aromatic rings. The summed E-state index contributed by atoms with van der Waals surface area (Å²) in [5.74, 6) is -5.19. The van der Waals surface area contributed by atoms with Crippen molar-refractivity contribution in [3.05, 3.63) is 119 Å². The Kier molecular flexibility index (Phi) is 10.6. The van der Waals surface area contributed by atoms with Crippen molar-refractivity contribution in [2.75, 3.05) is 6.61 Å². The molecule has 0 amide bonds. The fraction of sp³-hybridized carbons (Fsp3) is 0.444. The van der Waals surface area contributed by atoms with E-state index in [4.69, 9.17) is 28.4 Å². The second kappa shape index (κ2) is 15.1. The molecule has 3 fully saturated rings. The minimum absolute atomic E-state index is 0.123. The van der Waals surface area contributed by atoms with Gasteiger partial charge in [-0.05, 0) is 68.3 Å². The van der Waals surface area contributed by atoms with E-state index in [2.05, 4.69) is 0 Å². The minimum Gasteiger partial charge on any atom is -0.458 e. The molecule has 4 aliphatic rings. The van der Waals surface area contributed by atoms with Crippen LogP contribution in [-0.4, -0.2) is 94.5 Å². The predicted molar refractivity (Wildman–Crippen MR) is 205 cm³/mol. The number of aliphatic hydroxyl groups excluding tert-OH is 1. The minimum atomic E-state index is -1.93. The van der Waals surface area contributed by atoms with Gasteiger partial charge in [-0.25, -0.2) is 14.4 Å². The zero-order chi connectivity index (χ0) is 41.8. The molecule has 3 aliphatic carbocycles. The van der Waals surface area contributed by atoms with E-state index in [1.54, 1.807) is 105 Å². The Morgan fingerprint density at radius 2 is 1.21 bits per heavy atom. The average molecular weight is 797 g/mol. The molecule has 3 aromatic carbocycles. The van der Waals surface area contributed by atoms with E-state index in [1.807, 2.05) is 0 Å². The van der Waals surface area contributed by atoms with Gasteiger partial charge in [-0.1, -0.05) is 61.5 Å². The Balaban J connectivity index is 1.59. The molecule has 2 saturated carbocycles. The van der Waals surface area contributed by atoms with Gasteiger partial charge in [0.25, 0.3) is 0 Å². The van der Waals surface area contributed by atoms with Gasteiger partial charge in [0.05, 0.1) is 46.3 Å². The van der Waals surface area contributed by atoms with E-state index < -0.39 is 94.4 Å². The number of esters is 5. The van der Waals surface area contributed by atoms with Gasteiger partial charge in [0.15, 0.2) is 17.8 Å². The maximum atomic E-state index is 14.5. The van der Waals surface area contributed by atoms with Crippen LogP contribution in [0.2, 0.25) is 0 Å². The molecule has 1 heterocycles. The maximum Gasteiger partial charge on any atom is 0.338 e. The molecular formula is C45H48O13. The van der Waals surface area contributed by atoms with E-state index in [0.29, 0.717) is 5.57 Å². The van der Waals surface area contributed by atoms with Crippen molar-refractivity contribution in [3.8, 4) is 0 Å². The normalized spacial score (nSPS) is 32.5. The van der Waals surface area contributed by atoms with E-state index in [0.717, 1.165) is 0 Å². The lowest BCUT2D eigenvalue weighted by Crippen LogP contribution is -2.79. The molecule has 58 heavy (non-hydrogen) atoms. The SMILES string of the molecule is CC(=O)OC1CC2(C(C)(C)O)C(=C1C)C(OC(=O)c1ccccc1)C(OC(=O)c1ccccc1)C1(C)C(O)CC3OCC3(OC(C)=O)C1C2OC(=O)c1ccccc1. The summed E-state index contributed by atoms with van der Waals surface area (Å²) in [5, 5.41) is 25.4. The van der Waals surface area contributed by atoms with E-state index in [1.165, 1.54) is 27.7 Å². The van der Waals surface area contributed by atoms with Gasteiger partial charge in [0.1, 0.15) is 18.3 Å². The Labute approximate surface area is 336 Å². The maximum absolute atomic E-state index is 14.5. The lowest BCUT2D eigenvalue weighted by atomic mass is 9.49. The molecule has 7 rings (SSSR count). The summed E-state index contributed by atoms with van der Waals surface area (Å²) in [7, 11) is 0. The lowest BCUT2D eigenvalue weighted by molar-refractivity contribution is -0.350. The smallest absolute Gasteiger partial charge is 0.338 e. The number of carbonyl (C=O) groups excluding carboxylic acids is 5. The number of hydrogen-bond donors (Lipinski definition) is 2. The van der Waals surface area contributed by atoms with Crippen molar-refractivity contribution < 1.29 is 62.6 Å². The van der Waals surface area contributed by atoms with Gasteiger partial charge in [-0.15, -0.1) is 0 Å². The third kappa shape index (κ3) is 6.58. The van der Waals surface area contributed by atoms with Crippen LogP contribution in [0.1, 0.15) is 85.5 Å².